The SMILES string of the molecule is C#Cc1cccc2cc(O)cc(-c3ncc4c(N5C[C@H]6CC[C@@H](C5)N6)nc(OCC56CCCN5c5ccccc5C6)nc4c3F)c12. The van der Waals surface area contributed by atoms with Crippen molar-refractivity contribution in [1.82, 2.24) is 20.3 Å². The third-order valence-corrected chi connectivity index (χ3v) is 10.4. The minimum absolute atomic E-state index is 0.000377. The number of aromatic hydroxyl groups is 1. The van der Waals surface area contributed by atoms with Crippen LogP contribution in [0.1, 0.15) is 36.8 Å². The molecule has 1 unspecified atom stereocenters. The van der Waals surface area contributed by atoms with Gasteiger partial charge in [0.2, 0.25) is 0 Å². The zero-order valence-corrected chi connectivity index (χ0v) is 25.3. The second-order valence-corrected chi connectivity index (χ2v) is 13.2. The number of benzene rings is 3. The van der Waals surface area contributed by atoms with E-state index in [0.29, 0.717) is 51.8 Å². The summed E-state index contributed by atoms with van der Waals surface area (Å²) in [7, 11) is 0. The van der Waals surface area contributed by atoms with Crippen molar-refractivity contribution in [3.63, 3.8) is 0 Å². The summed E-state index contributed by atoms with van der Waals surface area (Å²) < 4.78 is 23.4. The van der Waals surface area contributed by atoms with E-state index < -0.39 is 5.82 Å². The number of ether oxygens (including phenoxy) is 1. The van der Waals surface area contributed by atoms with Gasteiger partial charge in [-0.05, 0) is 60.9 Å². The van der Waals surface area contributed by atoms with E-state index in [1.54, 1.807) is 18.3 Å². The first kappa shape index (κ1) is 27.4. The van der Waals surface area contributed by atoms with Crippen molar-refractivity contribution in [1.29, 1.82) is 0 Å². The Balaban J connectivity index is 1.17. The second-order valence-electron chi connectivity index (χ2n) is 13.2. The van der Waals surface area contributed by atoms with Crippen molar-refractivity contribution in [2.75, 3.05) is 36.0 Å². The molecule has 0 spiro atoms. The molecule has 8 nitrogen and oxygen atoms in total. The Bertz CT molecular complexity index is 2080. The molecule has 4 aliphatic rings. The fourth-order valence-corrected chi connectivity index (χ4v) is 8.38. The number of pyridine rings is 1. The molecule has 230 valence electrons. The van der Waals surface area contributed by atoms with Crippen LogP contribution in [0.2, 0.25) is 0 Å². The summed E-state index contributed by atoms with van der Waals surface area (Å²) in [6.45, 7) is 2.92. The summed E-state index contributed by atoms with van der Waals surface area (Å²) in [5.41, 5.74) is 3.63. The van der Waals surface area contributed by atoms with Gasteiger partial charge < -0.3 is 25.0 Å². The van der Waals surface area contributed by atoms with Gasteiger partial charge in [-0.3, -0.25) is 4.98 Å². The number of aromatic nitrogens is 3. The van der Waals surface area contributed by atoms with Crippen LogP contribution in [-0.2, 0) is 6.42 Å². The van der Waals surface area contributed by atoms with E-state index in [4.69, 9.17) is 21.1 Å². The van der Waals surface area contributed by atoms with E-state index >= 15 is 4.39 Å². The maximum atomic E-state index is 16.9. The predicted molar refractivity (Wildman–Crippen MR) is 177 cm³/mol. The number of hydrogen-bond acceptors (Lipinski definition) is 8. The Hall–Kier alpha value is -4.94. The minimum Gasteiger partial charge on any atom is -0.508 e. The molecule has 3 atom stereocenters. The monoisotopic (exact) mass is 612 g/mol. The molecule has 0 radical (unpaired) electrons. The highest BCUT2D eigenvalue weighted by atomic mass is 19.1. The molecule has 9 rings (SSSR count). The fraction of sp³-hybridized carbons (Fsp3) is 0.324. The van der Waals surface area contributed by atoms with Gasteiger partial charge in [-0.2, -0.15) is 9.97 Å². The van der Waals surface area contributed by atoms with Crippen LogP contribution in [0.3, 0.4) is 0 Å². The molecular weight excluding hydrogens is 579 g/mol. The molecule has 5 aromatic rings. The van der Waals surface area contributed by atoms with Crippen LogP contribution in [0.5, 0.6) is 11.8 Å². The first-order valence-corrected chi connectivity index (χ1v) is 16.1. The predicted octanol–water partition coefficient (Wildman–Crippen LogP) is 5.59. The van der Waals surface area contributed by atoms with Crippen LogP contribution in [0.4, 0.5) is 15.9 Å². The van der Waals surface area contributed by atoms with E-state index in [2.05, 4.69) is 50.3 Å². The number of phenols is 1. The Morgan fingerprint density at radius 3 is 2.78 bits per heavy atom. The van der Waals surface area contributed by atoms with Crippen molar-refractivity contribution in [3.8, 4) is 35.4 Å². The van der Waals surface area contributed by atoms with Crippen LogP contribution in [0.15, 0.2) is 60.8 Å². The minimum atomic E-state index is -0.600. The number of hydrogen-bond donors (Lipinski definition) is 2. The third kappa shape index (κ3) is 4.20. The van der Waals surface area contributed by atoms with Crippen molar-refractivity contribution < 1.29 is 14.2 Å². The zero-order valence-electron chi connectivity index (χ0n) is 25.3. The number of anilines is 2. The van der Waals surface area contributed by atoms with E-state index in [-0.39, 0.29) is 28.5 Å². The quantitative estimate of drug-likeness (QED) is 0.249. The Kier molecular flexibility index (Phi) is 6.13. The van der Waals surface area contributed by atoms with Gasteiger partial charge in [0, 0.05) is 66.5 Å². The maximum Gasteiger partial charge on any atom is 0.319 e. The normalized spacial score (nSPS) is 23.1. The lowest BCUT2D eigenvalue weighted by molar-refractivity contribution is 0.209. The number of para-hydroxylation sites is 1. The summed E-state index contributed by atoms with van der Waals surface area (Å²) in [6, 6.07) is 18.0. The maximum absolute atomic E-state index is 16.9. The van der Waals surface area contributed by atoms with Gasteiger partial charge in [0.1, 0.15) is 29.4 Å². The largest absolute Gasteiger partial charge is 0.508 e. The molecule has 2 aromatic heterocycles. The summed E-state index contributed by atoms with van der Waals surface area (Å²) in [5, 5.41) is 16.2. The molecule has 6 heterocycles. The topological polar surface area (TPSA) is 86.6 Å². The van der Waals surface area contributed by atoms with Crippen molar-refractivity contribution in [2.45, 2.75) is 49.7 Å². The Morgan fingerprint density at radius 2 is 1.93 bits per heavy atom. The van der Waals surface area contributed by atoms with Crippen LogP contribution in [0, 0.1) is 18.2 Å². The van der Waals surface area contributed by atoms with Gasteiger partial charge in [0.05, 0.1) is 10.9 Å². The highest BCUT2D eigenvalue weighted by Gasteiger charge is 2.47. The molecule has 0 aliphatic carbocycles. The molecule has 2 N–H and O–H groups in total. The van der Waals surface area contributed by atoms with Crippen LogP contribution >= 0.6 is 0 Å². The Labute approximate surface area is 266 Å². The molecule has 46 heavy (non-hydrogen) atoms. The molecule has 3 aromatic carbocycles. The smallest absolute Gasteiger partial charge is 0.319 e. The van der Waals surface area contributed by atoms with E-state index in [9.17, 15) is 5.11 Å². The molecule has 0 amide bonds. The molecule has 3 fully saturated rings. The van der Waals surface area contributed by atoms with Gasteiger partial charge in [-0.15, -0.1) is 6.42 Å². The molecule has 9 heteroatoms. The van der Waals surface area contributed by atoms with Crippen molar-refractivity contribution >= 4 is 33.2 Å². The van der Waals surface area contributed by atoms with Gasteiger partial charge in [0.15, 0.2) is 5.82 Å². The third-order valence-electron chi connectivity index (χ3n) is 10.4. The highest BCUT2D eigenvalue weighted by Crippen LogP contribution is 2.46. The summed E-state index contributed by atoms with van der Waals surface area (Å²) in [6.07, 6.45) is 12.7. The lowest BCUT2D eigenvalue weighted by atomic mass is 9.93. The summed E-state index contributed by atoms with van der Waals surface area (Å²) >= 11 is 0. The second kappa shape index (κ2) is 10.3. The van der Waals surface area contributed by atoms with E-state index in [0.717, 1.165) is 51.7 Å². The standard InChI is InChI=1S/C37H33FN6O2/c1-2-22-8-5-9-23-15-27(45)16-28(31(22)23)33-32(38)34-29(18-39-33)35(43-19-25-11-12-26(20-43)40-25)42-36(41-34)46-21-37-13-6-14-44(37)30-10-4-3-7-24(30)17-37/h1,3-5,7-10,15-16,18,25-26,40,45H,6,11-14,17,19-21H2/t25-,26+,37?. The van der Waals surface area contributed by atoms with Gasteiger partial charge in [-0.25, -0.2) is 4.39 Å². The molecule has 4 aliphatic heterocycles. The van der Waals surface area contributed by atoms with Gasteiger partial charge in [-0.1, -0.05) is 36.3 Å². The number of nitrogens with one attached hydrogen (secondary N) is 1. The number of nitrogens with zero attached hydrogens (tertiary/aromatic N) is 5. The lowest BCUT2D eigenvalue weighted by Gasteiger charge is -2.35. The number of piperazine rings is 1. The van der Waals surface area contributed by atoms with E-state index in [1.165, 1.54) is 17.3 Å². The molecule has 2 bridgehead atoms. The van der Waals surface area contributed by atoms with Crippen LogP contribution < -0.4 is 19.9 Å². The van der Waals surface area contributed by atoms with Gasteiger partial charge >= 0.3 is 6.01 Å². The average molecular weight is 613 g/mol. The van der Waals surface area contributed by atoms with Crippen LogP contribution in [0.25, 0.3) is 32.9 Å². The highest BCUT2D eigenvalue weighted by molar-refractivity contribution is 6.02. The van der Waals surface area contributed by atoms with Crippen molar-refractivity contribution in [2.24, 2.45) is 0 Å². The summed E-state index contributed by atoms with van der Waals surface area (Å²) in [5.74, 6) is 2.74. The number of rotatable bonds is 5. The fourth-order valence-electron chi connectivity index (χ4n) is 8.38. The van der Waals surface area contributed by atoms with Crippen LogP contribution in [-0.4, -0.2) is 63.9 Å². The van der Waals surface area contributed by atoms with E-state index in [1.807, 2.05) is 12.1 Å². The molecule has 0 saturated carbocycles. The first-order chi connectivity index (χ1) is 22.5. The number of halogens is 1. The van der Waals surface area contributed by atoms with Crippen molar-refractivity contribution in [3.05, 3.63) is 77.7 Å². The summed E-state index contributed by atoms with van der Waals surface area (Å²) in [4.78, 5) is 19.0. The number of phenolic OH excluding ortho intramolecular Hbond substituents is 1. The Morgan fingerprint density at radius 1 is 1.09 bits per heavy atom. The first-order valence-electron chi connectivity index (χ1n) is 16.1. The average Bonchev–Trinajstić information content (AvgIpc) is 3.73. The molecular formula is C37H33FN6O2. The van der Waals surface area contributed by atoms with Gasteiger partial charge in [0.25, 0.3) is 0 Å². The number of terminal acetylenes is 1. The lowest BCUT2D eigenvalue weighted by Crippen LogP contribution is -2.51. The zero-order chi connectivity index (χ0) is 31.0. The molecule has 3 saturated heterocycles. The number of fused-ring (bicyclic) bond motifs is 7.